The van der Waals surface area contributed by atoms with Crippen molar-refractivity contribution in [1.82, 2.24) is 10.2 Å². The zero-order valence-electron chi connectivity index (χ0n) is 9.98. The smallest absolute Gasteiger partial charge is 0.318 e. The van der Waals surface area contributed by atoms with Crippen molar-refractivity contribution in [1.29, 1.82) is 0 Å². The van der Waals surface area contributed by atoms with Crippen LogP contribution in [0.2, 0.25) is 0 Å². The first kappa shape index (κ1) is 17.4. The molecule has 0 aromatic rings. The van der Waals surface area contributed by atoms with Crippen LogP contribution in [0.4, 0.5) is 4.79 Å². The molecule has 3 nitrogen and oxygen atoms in total. The number of hydrogen-bond donors (Lipinski definition) is 1. The Morgan fingerprint density at radius 3 is 2.35 bits per heavy atom. The fourth-order valence-electron chi connectivity index (χ4n) is 1.19. The van der Waals surface area contributed by atoms with Crippen molar-refractivity contribution in [3.05, 3.63) is 0 Å². The lowest BCUT2D eigenvalue weighted by Gasteiger charge is -2.28. The molecule has 0 heterocycles. The highest BCUT2D eigenvalue weighted by molar-refractivity contribution is 6.70. The van der Waals surface area contributed by atoms with E-state index in [0.717, 1.165) is 25.7 Å². The van der Waals surface area contributed by atoms with E-state index in [1.807, 2.05) is 0 Å². The topological polar surface area (TPSA) is 32.3 Å². The normalized spacial score (nSPS) is 13.3. The Balaban J connectivity index is 3.90. The lowest BCUT2D eigenvalue weighted by atomic mass is 10.2. The summed E-state index contributed by atoms with van der Waals surface area (Å²) < 4.78 is -1.70. The molecule has 0 aromatic carbocycles. The van der Waals surface area contributed by atoms with Crippen LogP contribution < -0.4 is 5.32 Å². The standard InChI is InChI=1S/C10H18Cl4N2O/c1-3-4-5-6-7-15-9(17)16(2)8(11)10(12,13)14/h8H,3-7H2,1-2H3,(H,15,17). The van der Waals surface area contributed by atoms with Crippen molar-refractivity contribution in [2.75, 3.05) is 13.6 Å². The molecular formula is C10H18Cl4N2O. The summed E-state index contributed by atoms with van der Waals surface area (Å²) in [7, 11) is 1.49. The average molecular weight is 324 g/mol. The van der Waals surface area contributed by atoms with Gasteiger partial charge in [-0.15, -0.1) is 0 Å². The Hall–Kier alpha value is 0.430. The highest BCUT2D eigenvalue weighted by Crippen LogP contribution is 2.35. The van der Waals surface area contributed by atoms with Crippen LogP contribution in [-0.2, 0) is 0 Å². The molecule has 0 aliphatic carbocycles. The van der Waals surface area contributed by atoms with Gasteiger partial charge in [-0.05, 0) is 6.42 Å². The van der Waals surface area contributed by atoms with E-state index in [0.29, 0.717) is 6.54 Å². The Bertz CT molecular complexity index is 233. The maximum atomic E-state index is 11.6. The fourth-order valence-corrected chi connectivity index (χ4v) is 1.72. The van der Waals surface area contributed by atoms with Gasteiger partial charge in [-0.2, -0.15) is 0 Å². The first-order valence-corrected chi connectivity index (χ1v) is 7.09. The predicted octanol–water partition coefficient (Wildman–Crippen LogP) is 4.14. The summed E-state index contributed by atoms with van der Waals surface area (Å²) in [6.07, 6.45) is 4.35. The average Bonchev–Trinajstić information content (AvgIpc) is 2.25. The minimum atomic E-state index is -1.70. The van der Waals surface area contributed by atoms with Crippen LogP contribution in [0.25, 0.3) is 0 Å². The summed E-state index contributed by atoms with van der Waals surface area (Å²) in [4.78, 5) is 12.8. The van der Waals surface area contributed by atoms with Gasteiger partial charge in [0, 0.05) is 13.6 Å². The quantitative estimate of drug-likeness (QED) is 0.444. The van der Waals surface area contributed by atoms with Gasteiger partial charge in [0.05, 0.1) is 0 Å². The predicted molar refractivity (Wildman–Crippen MR) is 75.2 cm³/mol. The molecule has 0 aliphatic rings. The van der Waals surface area contributed by atoms with Gasteiger partial charge in [-0.3, -0.25) is 0 Å². The molecule has 0 saturated carbocycles. The van der Waals surface area contributed by atoms with Gasteiger partial charge >= 0.3 is 6.03 Å². The molecule has 0 fully saturated rings. The van der Waals surface area contributed by atoms with E-state index in [1.165, 1.54) is 11.9 Å². The molecule has 17 heavy (non-hydrogen) atoms. The lowest BCUT2D eigenvalue weighted by molar-refractivity contribution is 0.204. The van der Waals surface area contributed by atoms with Crippen LogP contribution in [0, 0.1) is 0 Å². The zero-order chi connectivity index (χ0) is 13.5. The molecule has 0 aliphatic heterocycles. The summed E-state index contributed by atoms with van der Waals surface area (Å²) >= 11 is 22.6. The number of amides is 2. The zero-order valence-corrected chi connectivity index (χ0v) is 13.0. The Kier molecular flexibility index (Phi) is 8.73. The van der Waals surface area contributed by atoms with Crippen molar-refractivity contribution in [2.24, 2.45) is 0 Å². The number of nitrogens with one attached hydrogen (secondary N) is 1. The largest absolute Gasteiger partial charge is 0.338 e. The maximum Gasteiger partial charge on any atom is 0.318 e. The molecule has 0 saturated heterocycles. The van der Waals surface area contributed by atoms with Gasteiger partial charge in [0.2, 0.25) is 3.79 Å². The third kappa shape index (κ3) is 7.45. The minimum absolute atomic E-state index is 0.340. The number of halogens is 4. The number of carbonyl (C=O) groups is 1. The van der Waals surface area contributed by atoms with E-state index in [2.05, 4.69) is 12.2 Å². The minimum Gasteiger partial charge on any atom is -0.338 e. The van der Waals surface area contributed by atoms with Crippen molar-refractivity contribution in [3.63, 3.8) is 0 Å². The summed E-state index contributed by atoms with van der Waals surface area (Å²) in [5.41, 5.74) is -0.997. The molecule has 1 N–H and O–H groups in total. The molecule has 1 unspecified atom stereocenters. The number of unbranched alkanes of at least 4 members (excludes halogenated alkanes) is 3. The summed E-state index contributed by atoms with van der Waals surface area (Å²) in [5.74, 6) is 0. The van der Waals surface area contributed by atoms with E-state index in [-0.39, 0.29) is 6.03 Å². The summed E-state index contributed by atoms with van der Waals surface area (Å²) in [5, 5.41) is 2.72. The molecule has 2 amide bonds. The fraction of sp³-hybridized carbons (Fsp3) is 0.900. The maximum absolute atomic E-state index is 11.6. The van der Waals surface area contributed by atoms with Crippen LogP contribution in [0.15, 0.2) is 0 Å². The number of hydrogen-bond acceptors (Lipinski definition) is 1. The molecule has 0 radical (unpaired) electrons. The summed E-state index contributed by atoms with van der Waals surface area (Å²) in [6, 6.07) is -0.340. The van der Waals surface area contributed by atoms with Gasteiger partial charge < -0.3 is 10.2 Å². The second kappa shape index (κ2) is 8.52. The highest BCUT2D eigenvalue weighted by atomic mass is 35.6. The molecule has 0 spiro atoms. The van der Waals surface area contributed by atoms with Gasteiger partial charge in [-0.1, -0.05) is 72.6 Å². The van der Waals surface area contributed by atoms with E-state index >= 15 is 0 Å². The number of carbonyl (C=O) groups excluding carboxylic acids is 1. The van der Waals surface area contributed by atoms with Crippen LogP contribution in [0.1, 0.15) is 32.6 Å². The van der Waals surface area contributed by atoms with Crippen molar-refractivity contribution >= 4 is 52.4 Å². The SMILES string of the molecule is CCCCCCNC(=O)N(C)C(Cl)C(Cl)(Cl)Cl. The molecule has 102 valence electrons. The number of rotatable bonds is 6. The monoisotopic (exact) mass is 322 g/mol. The first-order valence-electron chi connectivity index (χ1n) is 5.52. The van der Waals surface area contributed by atoms with Crippen molar-refractivity contribution in [2.45, 2.75) is 41.9 Å². The van der Waals surface area contributed by atoms with Crippen LogP contribution in [0.3, 0.4) is 0 Å². The molecule has 0 bridgehead atoms. The number of alkyl halides is 4. The van der Waals surface area contributed by atoms with Crippen LogP contribution in [-0.4, -0.2) is 33.8 Å². The molecule has 1 atom stereocenters. The van der Waals surface area contributed by atoms with Crippen LogP contribution >= 0.6 is 46.4 Å². The molecule has 0 rings (SSSR count). The van der Waals surface area contributed by atoms with E-state index in [1.54, 1.807) is 0 Å². The molecule has 7 heteroatoms. The molecular weight excluding hydrogens is 306 g/mol. The van der Waals surface area contributed by atoms with Gasteiger partial charge in [-0.25, -0.2) is 4.79 Å². The Labute approximate surface area is 123 Å². The molecule has 0 aromatic heterocycles. The Morgan fingerprint density at radius 1 is 1.29 bits per heavy atom. The number of nitrogens with zero attached hydrogens (tertiary/aromatic N) is 1. The van der Waals surface area contributed by atoms with Crippen molar-refractivity contribution in [3.8, 4) is 0 Å². The summed E-state index contributed by atoms with van der Waals surface area (Å²) in [6.45, 7) is 2.73. The van der Waals surface area contributed by atoms with Gasteiger partial charge in [0.15, 0.2) is 5.50 Å². The van der Waals surface area contributed by atoms with E-state index in [9.17, 15) is 4.79 Å². The third-order valence-corrected chi connectivity index (χ3v) is 3.81. The van der Waals surface area contributed by atoms with Gasteiger partial charge in [0.25, 0.3) is 0 Å². The number of urea groups is 1. The Morgan fingerprint density at radius 2 is 1.88 bits per heavy atom. The lowest BCUT2D eigenvalue weighted by Crippen LogP contribution is -2.46. The van der Waals surface area contributed by atoms with Crippen molar-refractivity contribution < 1.29 is 4.79 Å². The van der Waals surface area contributed by atoms with E-state index in [4.69, 9.17) is 46.4 Å². The highest BCUT2D eigenvalue weighted by Gasteiger charge is 2.36. The van der Waals surface area contributed by atoms with Crippen LogP contribution in [0.5, 0.6) is 0 Å². The van der Waals surface area contributed by atoms with Gasteiger partial charge in [0.1, 0.15) is 0 Å². The first-order chi connectivity index (χ1) is 7.80. The second-order valence-electron chi connectivity index (χ2n) is 3.78. The van der Waals surface area contributed by atoms with E-state index < -0.39 is 9.29 Å². The second-order valence-corrected chi connectivity index (χ2v) is 6.56. The third-order valence-electron chi connectivity index (χ3n) is 2.24.